The average Bonchev–Trinajstić information content (AvgIpc) is 2.11. The van der Waals surface area contributed by atoms with Crippen LogP contribution >= 0.6 is 0 Å². The van der Waals surface area contributed by atoms with Gasteiger partial charge >= 0.3 is 8.80 Å². The van der Waals surface area contributed by atoms with Crippen LogP contribution in [0.2, 0.25) is 6.04 Å². The summed E-state index contributed by atoms with van der Waals surface area (Å²) in [6.07, 6.45) is 1.92. The fourth-order valence-electron chi connectivity index (χ4n) is 1.38. The lowest BCUT2D eigenvalue weighted by molar-refractivity contribution is 0.226. The second-order valence-electron chi connectivity index (χ2n) is 3.61. The van der Waals surface area contributed by atoms with Crippen LogP contribution in [-0.2, 0) is 6.42 Å². The Hall–Kier alpha value is -0.753. The molecular formula is C10H15FO3Si. The van der Waals surface area contributed by atoms with E-state index in [2.05, 4.69) is 0 Å². The summed E-state index contributed by atoms with van der Waals surface area (Å²) in [6, 6.07) is 6.36. The first-order chi connectivity index (χ1) is 6.97. The Morgan fingerprint density at radius 3 is 2.47 bits per heavy atom. The van der Waals surface area contributed by atoms with Gasteiger partial charge in [-0.05, 0) is 37.0 Å². The van der Waals surface area contributed by atoms with Crippen LogP contribution in [0.25, 0.3) is 0 Å². The molecule has 5 heteroatoms. The largest absolute Gasteiger partial charge is 0.492 e. The lowest BCUT2D eigenvalue weighted by atomic mass is 10.1. The molecule has 0 aliphatic rings. The molecule has 1 aromatic carbocycles. The van der Waals surface area contributed by atoms with Crippen molar-refractivity contribution in [3.8, 4) is 0 Å². The van der Waals surface area contributed by atoms with Gasteiger partial charge in [-0.3, -0.25) is 0 Å². The maximum absolute atomic E-state index is 12.8. The first-order valence-corrected chi connectivity index (χ1v) is 6.94. The molecule has 0 unspecified atom stereocenters. The summed E-state index contributed by atoms with van der Waals surface area (Å²) in [5.74, 6) is -0.261. The molecule has 0 spiro atoms. The molecule has 0 saturated heterocycles. The lowest BCUT2D eigenvalue weighted by Crippen LogP contribution is -2.34. The summed E-state index contributed by atoms with van der Waals surface area (Å²) >= 11 is 0. The number of hydrogen-bond acceptors (Lipinski definition) is 3. The van der Waals surface area contributed by atoms with Gasteiger partial charge < -0.3 is 14.4 Å². The topological polar surface area (TPSA) is 60.7 Å². The van der Waals surface area contributed by atoms with Crippen molar-refractivity contribution < 1.29 is 18.8 Å². The van der Waals surface area contributed by atoms with Crippen LogP contribution < -0.4 is 0 Å². The zero-order valence-electron chi connectivity index (χ0n) is 8.36. The van der Waals surface area contributed by atoms with Crippen LogP contribution in [0.4, 0.5) is 4.39 Å². The summed E-state index contributed by atoms with van der Waals surface area (Å²) in [7, 11) is -3.88. The molecule has 0 atom stereocenters. The van der Waals surface area contributed by atoms with Gasteiger partial charge in [0.05, 0.1) is 0 Å². The van der Waals surface area contributed by atoms with Crippen molar-refractivity contribution in [1.29, 1.82) is 0 Å². The highest BCUT2D eigenvalue weighted by Crippen LogP contribution is 2.11. The molecule has 1 rings (SSSR count). The summed E-state index contributed by atoms with van der Waals surface area (Å²) < 4.78 is 12.8. The number of halogens is 1. The van der Waals surface area contributed by atoms with Crippen LogP contribution in [0.1, 0.15) is 18.4 Å². The Bertz CT molecular complexity index is 312. The zero-order chi connectivity index (χ0) is 11.3. The maximum atomic E-state index is 12.8. The molecule has 0 heterocycles. The molecule has 0 fully saturated rings. The second kappa shape index (κ2) is 5.36. The number of unbranched alkanes of at least 4 members (excludes halogenated alkanes) is 1. The Morgan fingerprint density at radius 2 is 1.87 bits per heavy atom. The Labute approximate surface area is 89.2 Å². The van der Waals surface area contributed by atoms with Crippen molar-refractivity contribution in [2.24, 2.45) is 0 Å². The third-order valence-electron chi connectivity index (χ3n) is 2.12. The van der Waals surface area contributed by atoms with E-state index in [1.54, 1.807) is 6.07 Å². The maximum Gasteiger partial charge on any atom is 0.492 e. The number of rotatable bonds is 5. The van der Waals surface area contributed by atoms with E-state index >= 15 is 0 Å². The van der Waals surface area contributed by atoms with Crippen LogP contribution in [0.3, 0.4) is 0 Å². The van der Waals surface area contributed by atoms with Gasteiger partial charge in [-0.15, -0.1) is 0 Å². The highest BCUT2D eigenvalue weighted by Gasteiger charge is 2.25. The van der Waals surface area contributed by atoms with Gasteiger partial charge in [0.25, 0.3) is 0 Å². The van der Waals surface area contributed by atoms with E-state index in [0.29, 0.717) is 19.3 Å². The van der Waals surface area contributed by atoms with Crippen molar-refractivity contribution in [3.63, 3.8) is 0 Å². The molecule has 0 saturated carbocycles. The predicted octanol–water partition coefficient (Wildman–Crippen LogP) is 1.06. The van der Waals surface area contributed by atoms with E-state index in [1.807, 2.05) is 6.07 Å². The predicted molar refractivity (Wildman–Crippen MR) is 56.6 cm³/mol. The van der Waals surface area contributed by atoms with Gasteiger partial charge in [0.1, 0.15) is 5.82 Å². The molecule has 3 nitrogen and oxygen atoms in total. The van der Waals surface area contributed by atoms with Gasteiger partial charge in [0.2, 0.25) is 0 Å². The molecular weight excluding hydrogens is 215 g/mol. The molecule has 15 heavy (non-hydrogen) atoms. The minimum Gasteiger partial charge on any atom is -0.390 e. The van der Waals surface area contributed by atoms with Crippen LogP contribution in [-0.4, -0.2) is 23.2 Å². The molecule has 0 radical (unpaired) electrons. The van der Waals surface area contributed by atoms with E-state index in [0.717, 1.165) is 5.56 Å². The molecule has 1 aromatic rings. The third-order valence-corrected chi connectivity index (χ3v) is 3.14. The molecule has 84 valence electrons. The van der Waals surface area contributed by atoms with E-state index in [1.165, 1.54) is 12.1 Å². The van der Waals surface area contributed by atoms with E-state index in [4.69, 9.17) is 14.4 Å². The molecule has 0 aliphatic carbocycles. The van der Waals surface area contributed by atoms with Gasteiger partial charge in [0.15, 0.2) is 0 Å². The van der Waals surface area contributed by atoms with Crippen molar-refractivity contribution in [3.05, 3.63) is 35.6 Å². The minimum atomic E-state index is -3.88. The fourth-order valence-corrected chi connectivity index (χ4v) is 2.11. The van der Waals surface area contributed by atoms with Crippen molar-refractivity contribution in [2.45, 2.75) is 25.3 Å². The number of hydrogen-bond donors (Lipinski definition) is 3. The van der Waals surface area contributed by atoms with E-state index in [9.17, 15) is 4.39 Å². The Balaban J connectivity index is 2.26. The number of aryl methyl sites for hydroxylation is 1. The second-order valence-corrected chi connectivity index (χ2v) is 5.66. The van der Waals surface area contributed by atoms with Crippen molar-refractivity contribution in [2.75, 3.05) is 0 Å². The van der Waals surface area contributed by atoms with Crippen LogP contribution in [0.15, 0.2) is 24.3 Å². The smallest absolute Gasteiger partial charge is 0.390 e. The van der Waals surface area contributed by atoms with Gasteiger partial charge in [-0.2, -0.15) is 0 Å². The molecule has 0 amide bonds. The summed E-state index contributed by atoms with van der Waals surface area (Å²) in [6.45, 7) is 0. The third kappa shape index (κ3) is 5.63. The number of benzene rings is 1. The van der Waals surface area contributed by atoms with Crippen molar-refractivity contribution in [1.82, 2.24) is 0 Å². The summed E-state index contributed by atoms with van der Waals surface area (Å²) in [4.78, 5) is 26.2. The normalized spacial score (nSPS) is 11.7. The standard InChI is InChI=1S/C10H15FO3Si/c11-10-6-3-5-9(8-10)4-1-2-7-15(12,13)14/h3,5-6,8,12-14H,1-2,4,7H2. The molecule has 0 aromatic heterocycles. The van der Waals surface area contributed by atoms with E-state index in [-0.39, 0.29) is 11.9 Å². The summed E-state index contributed by atoms with van der Waals surface area (Å²) in [5.41, 5.74) is 0.885. The van der Waals surface area contributed by atoms with E-state index < -0.39 is 8.80 Å². The Kier molecular flexibility index (Phi) is 4.40. The first-order valence-electron chi connectivity index (χ1n) is 4.89. The van der Waals surface area contributed by atoms with Gasteiger partial charge in [0, 0.05) is 6.04 Å². The Morgan fingerprint density at radius 1 is 1.13 bits per heavy atom. The van der Waals surface area contributed by atoms with Crippen molar-refractivity contribution >= 4 is 8.80 Å². The average molecular weight is 230 g/mol. The van der Waals surface area contributed by atoms with Gasteiger partial charge in [-0.1, -0.05) is 12.1 Å². The van der Waals surface area contributed by atoms with Gasteiger partial charge in [-0.25, -0.2) is 4.39 Å². The fraction of sp³-hybridized carbons (Fsp3) is 0.400. The highest BCUT2D eigenvalue weighted by molar-refractivity contribution is 6.56. The quantitative estimate of drug-likeness (QED) is 0.523. The summed E-state index contributed by atoms with van der Waals surface area (Å²) in [5, 5.41) is 0. The molecule has 3 N–H and O–H groups in total. The van der Waals surface area contributed by atoms with Crippen LogP contribution in [0.5, 0.6) is 0 Å². The monoisotopic (exact) mass is 230 g/mol. The minimum absolute atomic E-state index is 0.0440. The first kappa shape index (κ1) is 12.3. The van der Waals surface area contributed by atoms with Crippen LogP contribution in [0, 0.1) is 5.82 Å². The SMILES string of the molecule is O[Si](O)(O)CCCCc1cccc(F)c1. The molecule has 0 aliphatic heterocycles. The highest BCUT2D eigenvalue weighted by atomic mass is 28.4. The lowest BCUT2D eigenvalue weighted by Gasteiger charge is -2.08. The zero-order valence-corrected chi connectivity index (χ0v) is 9.36. The molecule has 0 bridgehead atoms.